The fraction of sp³-hybridized carbons (Fsp3) is 0.200. The third-order valence-corrected chi connectivity index (χ3v) is 7.37. The summed E-state index contributed by atoms with van der Waals surface area (Å²) >= 11 is 1.39. The Kier molecular flexibility index (Phi) is 5.01. The average Bonchev–Trinajstić information content (AvgIpc) is 3.32. The second kappa shape index (κ2) is 7.74. The van der Waals surface area contributed by atoms with Crippen molar-refractivity contribution in [1.82, 2.24) is 4.90 Å². The largest absolute Gasteiger partial charge is 0.311 e. The molecule has 0 N–H and O–H groups in total. The Morgan fingerprint density at radius 2 is 1.88 bits per heavy atom. The summed E-state index contributed by atoms with van der Waals surface area (Å²) in [5.74, 6) is -1.02. The summed E-state index contributed by atoms with van der Waals surface area (Å²) in [5.41, 5.74) is 2.92. The Morgan fingerprint density at radius 1 is 1.06 bits per heavy atom. The number of aryl methyl sites for hydroxylation is 1. The highest BCUT2D eigenvalue weighted by molar-refractivity contribution is 8.01. The van der Waals surface area contributed by atoms with E-state index in [4.69, 9.17) is 0 Å². The Balaban J connectivity index is 1.61. The molecule has 162 valence electrons. The molecule has 0 saturated carbocycles. The highest BCUT2D eigenvalue weighted by Crippen LogP contribution is 2.55. The monoisotopic (exact) mass is 450 g/mol. The number of thioether (sulfide) groups is 1. The lowest BCUT2D eigenvalue weighted by Gasteiger charge is -2.33. The fourth-order valence-corrected chi connectivity index (χ4v) is 5.91. The van der Waals surface area contributed by atoms with Crippen LogP contribution in [-0.4, -0.2) is 29.0 Å². The van der Waals surface area contributed by atoms with Gasteiger partial charge < -0.3 is 9.80 Å². The molecule has 1 fully saturated rings. The molecule has 3 aromatic rings. The minimum absolute atomic E-state index is 0.0614. The number of rotatable bonds is 3. The summed E-state index contributed by atoms with van der Waals surface area (Å²) in [5, 5.41) is 0. The molecule has 1 atom stereocenters. The molecule has 2 aliphatic rings. The van der Waals surface area contributed by atoms with Gasteiger partial charge in [0.25, 0.3) is 11.8 Å². The van der Waals surface area contributed by atoms with Crippen molar-refractivity contribution in [2.75, 3.05) is 17.2 Å². The van der Waals surface area contributed by atoms with Crippen LogP contribution in [0.1, 0.15) is 27.0 Å². The number of anilines is 1. The highest BCUT2D eigenvalue weighted by Gasteiger charge is 2.59. The van der Waals surface area contributed by atoms with Crippen LogP contribution >= 0.6 is 11.8 Å². The molecule has 32 heavy (non-hydrogen) atoms. The molecule has 4 nitrogen and oxygen atoms in total. The van der Waals surface area contributed by atoms with Gasteiger partial charge in [-0.15, -0.1) is 11.8 Å². The minimum atomic E-state index is -1.25. The van der Waals surface area contributed by atoms with Crippen LogP contribution in [0.4, 0.5) is 14.5 Å². The predicted molar refractivity (Wildman–Crippen MR) is 120 cm³/mol. The maximum atomic E-state index is 14.4. The van der Waals surface area contributed by atoms with Gasteiger partial charge in [-0.05, 0) is 37.3 Å². The van der Waals surface area contributed by atoms with E-state index >= 15 is 0 Å². The van der Waals surface area contributed by atoms with E-state index in [0.29, 0.717) is 29.1 Å². The van der Waals surface area contributed by atoms with Crippen molar-refractivity contribution in [3.8, 4) is 0 Å². The molecule has 2 amide bonds. The first-order chi connectivity index (χ1) is 15.4. The van der Waals surface area contributed by atoms with Crippen molar-refractivity contribution in [3.63, 3.8) is 0 Å². The molecule has 7 heteroatoms. The second-order valence-electron chi connectivity index (χ2n) is 7.96. The first-order valence-electron chi connectivity index (χ1n) is 10.3. The van der Waals surface area contributed by atoms with Gasteiger partial charge >= 0.3 is 0 Å². The van der Waals surface area contributed by atoms with Crippen molar-refractivity contribution < 1.29 is 18.4 Å². The SMILES string of the molecule is Cc1ccc2c(c1)[C@@]1(SCCN1C(=O)c1cccc(F)c1)C(=O)N2Cc1ccccc1F. The Bertz CT molecular complexity index is 1250. The van der Waals surface area contributed by atoms with E-state index in [1.807, 2.05) is 25.1 Å². The van der Waals surface area contributed by atoms with E-state index in [-0.39, 0.29) is 23.8 Å². The van der Waals surface area contributed by atoms with Crippen LogP contribution in [0.15, 0.2) is 66.7 Å². The maximum Gasteiger partial charge on any atom is 0.268 e. The standard InChI is InChI=1S/C25H20F2N2O2S/c1-16-9-10-22-20(13-16)25(24(31)28(22)15-18-5-2-3-8-21(18)27)29(11-12-32-25)23(30)17-6-4-7-19(26)14-17/h2-10,13-14H,11-12,15H2,1H3/t25-/m1/s1. The first kappa shape index (κ1) is 20.7. The van der Waals surface area contributed by atoms with Crippen molar-refractivity contribution in [3.05, 3.63) is 101 Å². The van der Waals surface area contributed by atoms with Crippen molar-refractivity contribution in [1.29, 1.82) is 0 Å². The molecule has 3 aromatic carbocycles. The number of amides is 2. The first-order valence-corrected chi connectivity index (χ1v) is 11.3. The van der Waals surface area contributed by atoms with Crippen molar-refractivity contribution >= 4 is 29.3 Å². The smallest absolute Gasteiger partial charge is 0.268 e. The average molecular weight is 451 g/mol. The van der Waals surface area contributed by atoms with Crippen LogP contribution in [-0.2, 0) is 16.2 Å². The van der Waals surface area contributed by atoms with Crippen LogP contribution in [0.5, 0.6) is 0 Å². The van der Waals surface area contributed by atoms with Crippen LogP contribution < -0.4 is 4.90 Å². The Hall–Kier alpha value is -3.19. The maximum absolute atomic E-state index is 14.4. The third kappa shape index (κ3) is 3.11. The number of nitrogens with zero attached hydrogens (tertiary/aromatic N) is 2. The van der Waals surface area contributed by atoms with E-state index in [1.165, 1.54) is 40.9 Å². The van der Waals surface area contributed by atoms with E-state index in [2.05, 4.69) is 0 Å². The molecule has 0 unspecified atom stereocenters. The Labute approximate surface area is 188 Å². The van der Waals surface area contributed by atoms with Gasteiger partial charge in [0, 0.05) is 29.0 Å². The number of hydrogen-bond acceptors (Lipinski definition) is 3. The lowest BCUT2D eigenvalue weighted by atomic mass is 10.0. The topological polar surface area (TPSA) is 40.6 Å². The normalized spacial score (nSPS) is 19.7. The summed E-state index contributed by atoms with van der Waals surface area (Å²) in [6.07, 6.45) is 0. The number of hydrogen-bond donors (Lipinski definition) is 0. The lowest BCUT2D eigenvalue weighted by Crippen LogP contribution is -2.50. The fourth-order valence-electron chi connectivity index (χ4n) is 4.46. The van der Waals surface area contributed by atoms with Crippen molar-refractivity contribution in [2.24, 2.45) is 0 Å². The highest BCUT2D eigenvalue weighted by atomic mass is 32.2. The van der Waals surface area contributed by atoms with Gasteiger partial charge in [0.2, 0.25) is 0 Å². The van der Waals surface area contributed by atoms with Gasteiger partial charge in [0.1, 0.15) is 11.6 Å². The number of halogens is 2. The number of carbonyl (C=O) groups is 2. The van der Waals surface area contributed by atoms with Crippen LogP contribution in [0.2, 0.25) is 0 Å². The van der Waals surface area contributed by atoms with E-state index in [9.17, 15) is 18.4 Å². The molecule has 5 rings (SSSR count). The zero-order chi connectivity index (χ0) is 22.5. The molecule has 1 spiro atoms. The lowest BCUT2D eigenvalue weighted by molar-refractivity contribution is -0.123. The minimum Gasteiger partial charge on any atom is -0.311 e. The van der Waals surface area contributed by atoms with Gasteiger partial charge in [-0.3, -0.25) is 9.59 Å². The summed E-state index contributed by atoms with van der Waals surface area (Å²) in [4.78, 5) is 29.2. The van der Waals surface area contributed by atoms with Gasteiger partial charge in [-0.1, -0.05) is 42.0 Å². The van der Waals surface area contributed by atoms with Gasteiger partial charge in [0.15, 0.2) is 4.87 Å². The van der Waals surface area contributed by atoms with Crippen molar-refractivity contribution in [2.45, 2.75) is 18.3 Å². The molecule has 2 heterocycles. The van der Waals surface area contributed by atoms with Crippen LogP contribution in [0, 0.1) is 18.6 Å². The van der Waals surface area contributed by atoms with E-state index in [1.54, 1.807) is 29.2 Å². The quantitative estimate of drug-likeness (QED) is 0.572. The van der Waals surface area contributed by atoms with Crippen LogP contribution in [0.3, 0.4) is 0 Å². The molecule has 0 aliphatic carbocycles. The molecular weight excluding hydrogens is 430 g/mol. The molecule has 0 bridgehead atoms. The number of fused-ring (bicyclic) bond motifs is 2. The zero-order valence-corrected chi connectivity index (χ0v) is 18.2. The molecule has 1 saturated heterocycles. The summed E-state index contributed by atoms with van der Waals surface area (Å²) in [6, 6.07) is 17.5. The van der Waals surface area contributed by atoms with Gasteiger partial charge in [-0.2, -0.15) is 0 Å². The zero-order valence-electron chi connectivity index (χ0n) is 17.3. The molecule has 0 radical (unpaired) electrons. The summed E-state index contributed by atoms with van der Waals surface area (Å²) < 4.78 is 28.2. The molecule has 2 aliphatic heterocycles. The Morgan fingerprint density at radius 3 is 2.66 bits per heavy atom. The number of carbonyl (C=O) groups excluding carboxylic acids is 2. The molecule has 0 aromatic heterocycles. The second-order valence-corrected chi connectivity index (χ2v) is 9.25. The third-order valence-electron chi connectivity index (χ3n) is 5.95. The predicted octanol–water partition coefficient (Wildman–Crippen LogP) is 4.86. The summed E-state index contributed by atoms with van der Waals surface area (Å²) in [6.45, 7) is 2.34. The van der Waals surface area contributed by atoms with E-state index in [0.717, 1.165) is 5.56 Å². The molecular formula is C25H20F2N2O2S. The summed E-state index contributed by atoms with van der Waals surface area (Å²) in [7, 11) is 0. The number of benzene rings is 3. The van der Waals surface area contributed by atoms with Crippen LogP contribution in [0.25, 0.3) is 0 Å². The van der Waals surface area contributed by atoms with E-state index < -0.39 is 16.6 Å². The van der Waals surface area contributed by atoms with Gasteiger partial charge in [0.05, 0.1) is 12.2 Å². The van der Waals surface area contributed by atoms with Gasteiger partial charge in [-0.25, -0.2) is 8.78 Å².